The van der Waals surface area contributed by atoms with Crippen molar-refractivity contribution in [1.29, 1.82) is 0 Å². The van der Waals surface area contributed by atoms with Crippen molar-refractivity contribution >= 4 is 0 Å². The highest BCUT2D eigenvalue weighted by Crippen LogP contribution is 2.28. The van der Waals surface area contributed by atoms with Crippen molar-refractivity contribution in [2.75, 3.05) is 13.2 Å². The summed E-state index contributed by atoms with van der Waals surface area (Å²) in [6, 6.07) is 0. The summed E-state index contributed by atoms with van der Waals surface area (Å²) in [6.45, 7) is 5.03. The number of aliphatic hydroxyl groups is 1. The third-order valence-electron chi connectivity index (χ3n) is 2.57. The normalized spacial score (nSPS) is 33.9. The Balaban J connectivity index is 2.17. The van der Waals surface area contributed by atoms with Gasteiger partial charge in [-0.25, -0.2) is 0 Å². The van der Waals surface area contributed by atoms with Crippen LogP contribution in [0.4, 0.5) is 0 Å². The third kappa shape index (κ3) is 3.25. The summed E-state index contributed by atoms with van der Waals surface area (Å²) in [4.78, 5) is 0. The number of ether oxygens (including phenoxy) is 2. The Morgan fingerprint density at radius 3 is 2.77 bits per heavy atom. The van der Waals surface area contributed by atoms with Gasteiger partial charge in [0.1, 0.15) is 0 Å². The molecule has 1 rings (SSSR count). The first-order chi connectivity index (χ1) is 6.20. The lowest BCUT2D eigenvalue weighted by Crippen LogP contribution is -2.25. The van der Waals surface area contributed by atoms with E-state index in [9.17, 15) is 0 Å². The van der Waals surface area contributed by atoms with E-state index < -0.39 is 0 Å². The van der Waals surface area contributed by atoms with E-state index in [0.29, 0.717) is 6.61 Å². The third-order valence-corrected chi connectivity index (χ3v) is 2.57. The zero-order chi connectivity index (χ0) is 9.73. The summed E-state index contributed by atoms with van der Waals surface area (Å²) >= 11 is 0. The Morgan fingerprint density at radius 1 is 1.46 bits per heavy atom. The number of hydrogen-bond donors (Lipinski definition) is 1. The van der Waals surface area contributed by atoms with Crippen molar-refractivity contribution < 1.29 is 14.6 Å². The van der Waals surface area contributed by atoms with Crippen LogP contribution in [-0.2, 0) is 9.47 Å². The molecule has 1 heterocycles. The van der Waals surface area contributed by atoms with Gasteiger partial charge in [-0.15, -0.1) is 0 Å². The molecule has 1 aliphatic rings. The van der Waals surface area contributed by atoms with E-state index in [1.807, 2.05) is 6.92 Å². The van der Waals surface area contributed by atoms with Crippen LogP contribution >= 0.6 is 0 Å². The van der Waals surface area contributed by atoms with Gasteiger partial charge in [0, 0.05) is 6.61 Å². The molecule has 3 nitrogen and oxygen atoms in total. The van der Waals surface area contributed by atoms with Crippen LogP contribution in [0, 0.1) is 0 Å². The standard InChI is InChI=1S/C10H20O3/c1-3-10(2)12-8-9(13-10)6-4-5-7-11/h9,11H,3-8H2,1-2H3/t9-,10+/m0/s1. The van der Waals surface area contributed by atoms with Crippen molar-refractivity contribution in [3.63, 3.8) is 0 Å². The Hall–Kier alpha value is -0.120. The molecule has 0 radical (unpaired) electrons. The molecule has 1 aliphatic heterocycles. The van der Waals surface area contributed by atoms with Crippen LogP contribution in [0.2, 0.25) is 0 Å². The van der Waals surface area contributed by atoms with Gasteiger partial charge in [0.2, 0.25) is 0 Å². The molecule has 1 saturated heterocycles. The van der Waals surface area contributed by atoms with Crippen molar-refractivity contribution in [3.05, 3.63) is 0 Å². The van der Waals surface area contributed by atoms with Crippen LogP contribution in [0.3, 0.4) is 0 Å². The van der Waals surface area contributed by atoms with E-state index >= 15 is 0 Å². The molecule has 0 aromatic carbocycles. The summed E-state index contributed by atoms with van der Waals surface area (Å²) in [5, 5.41) is 8.62. The van der Waals surface area contributed by atoms with Gasteiger partial charge in [-0.2, -0.15) is 0 Å². The zero-order valence-electron chi connectivity index (χ0n) is 8.58. The molecule has 0 unspecified atom stereocenters. The van der Waals surface area contributed by atoms with Gasteiger partial charge in [-0.3, -0.25) is 0 Å². The topological polar surface area (TPSA) is 38.7 Å². The molecule has 2 atom stereocenters. The van der Waals surface area contributed by atoms with Crippen molar-refractivity contribution in [2.24, 2.45) is 0 Å². The average Bonchev–Trinajstić information content (AvgIpc) is 2.50. The van der Waals surface area contributed by atoms with E-state index in [-0.39, 0.29) is 18.5 Å². The van der Waals surface area contributed by atoms with Gasteiger partial charge in [-0.1, -0.05) is 6.92 Å². The van der Waals surface area contributed by atoms with Gasteiger partial charge in [0.05, 0.1) is 12.7 Å². The smallest absolute Gasteiger partial charge is 0.165 e. The van der Waals surface area contributed by atoms with Gasteiger partial charge in [-0.05, 0) is 32.6 Å². The number of aliphatic hydroxyl groups excluding tert-OH is 1. The summed E-state index contributed by atoms with van der Waals surface area (Å²) < 4.78 is 11.3. The minimum Gasteiger partial charge on any atom is -0.396 e. The molecule has 0 bridgehead atoms. The van der Waals surface area contributed by atoms with E-state index in [2.05, 4.69) is 6.92 Å². The number of rotatable bonds is 5. The molecule has 78 valence electrons. The number of hydrogen-bond acceptors (Lipinski definition) is 3. The van der Waals surface area contributed by atoms with Gasteiger partial charge >= 0.3 is 0 Å². The molecular weight excluding hydrogens is 168 g/mol. The molecule has 13 heavy (non-hydrogen) atoms. The highest BCUT2D eigenvalue weighted by molar-refractivity contribution is 4.73. The predicted molar refractivity (Wildman–Crippen MR) is 50.5 cm³/mol. The molecule has 0 aliphatic carbocycles. The van der Waals surface area contributed by atoms with Crippen molar-refractivity contribution in [2.45, 2.75) is 51.4 Å². The molecule has 0 saturated carbocycles. The maximum absolute atomic E-state index is 8.62. The number of unbranched alkanes of at least 4 members (excludes halogenated alkanes) is 1. The summed E-state index contributed by atoms with van der Waals surface area (Å²) in [5.41, 5.74) is 0. The maximum Gasteiger partial charge on any atom is 0.165 e. The Labute approximate surface area is 80.0 Å². The van der Waals surface area contributed by atoms with Crippen LogP contribution in [0.25, 0.3) is 0 Å². The summed E-state index contributed by atoms with van der Waals surface area (Å²) in [7, 11) is 0. The van der Waals surface area contributed by atoms with Crippen LogP contribution in [0.1, 0.15) is 39.5 Å². The molecule has 1 fully saturated rings. The molecule has 0 aromatic rings. The summed E-state index contributed by atoms with van der Waals surface area (Å²) in [5.74, 6) is -0.357. The molecular formula is C10H20O3. The minimum atomic E-state index is -0.357. The second-order valence-electron chi connectivity index (χ2n) is 3.76. The fourth-order valence-electron chi connectivity index (χ4n) is 1.50. The lowest BCUT2D eigenvalue weighted by Gasteiger charge is -2.20. The zero-order valence-corrected chi connectivity index (χ0v) is 8.58. The second kappa shape index (κ2) is 4.94. The second-order valence-corrected chi connectivity index (χ2v) is 3.76. The summed E-state index contributed by atoms with van der Waals surface area (Å²) in [6.07, 6.45) is 4.00. The molecule has 0 amide bonds. The molecule has 0 aromatic heterocycles. The average molecular weight is 188 g/mol. The quantitative estimate of drug-likeness (QED) is 0.667. The highest BCUT2D eigenvalue weighted by Gasteiger charge is 2.34. The van der Waals surface area contributed by atoms with Crippen molar-refractivity contribution in [1.82, 2.24) is 0 Å². The van der Waals surface area contributed by atoms with Crippen LogP contribution < -0.4 is 0 Å². The predicted octanol–water partition coefficient (Wildman–Crippen LogP) is 1.69. The Bertz CT molecular complexity index is 149. The Morgan fingerprint density at radius 2 is 2.23 bits per heavy atom. The van der Waals surface area contributed by atoms with Gasteiger partial charge < -0.3 is 14.6 Å². The lowest BCUT2D eigenvalue weighted by atomic mass is 10.2. The molecule has 0 spiro atoms. The highest BCUT2D eigenvalue weighted by atomic mass is 16.7. The van der Waals surface area contributed by atoms with E-state index in [4.69, 9.17) is 14.6 Å². The fourth-order valence-corrected chi connectivity index (χ4v) is 1.50. The Kier molecular flexibility index (Phi) is 4.16. The first kappa shape index (κ1) is 11.0. The van der Waals surface area contributed by atoms with Crippen LogP contribution in [-0.4, -0.2) is 30.2 Å². The van der Waals surface area contributed by atoms with Crippen LogP contribution in [0.5, 0.6) is 0 Å². The fraction of sp³-hybridized carbons (Fsp3) is 1.00. The minimum absolute atomic E-state index is 0.233. The SMILES string of the molecule is CC[C@]1(C)OC[C@H](CCCCO)O1. The largest absolute Gasteiger partial charge is 0.396 e. The van der Waals surface area contributed by atoms with Gasteiger partial charge in [0.25, 0.3) is 0 Å². The monoisotopic (exact) mass is 188 g/mol. The van der Waals surface area contributed by atoms with Crippen molar-refractivity contribution in [3.8, 4) is 0 Å². The van der Waals surface area contributed by atoms with Gasteiger partial charge in [0.15, 0.2) is 5.79 Å². The first-order valence-electron chi connectivity index (χ1n) is 5.13. The molecule has 3 heteroatoms. The lowest BCUT2D eigenvalue weighted by molar-refractivity contribution is -0.155. The first-order valence-corrected chi connectivity index (χ1v) is 5.13. The maximum atomic E-state index is 8.62. The molecule has 1 N–H and O–H groups in total. The van der Waals surface area contributed by atoms with Crippen LogP contribution in [0.15, 0.2) is 0 Å². The van der Waals surface area contributed by atoms with E-state index in [1.165, 1.54) is 0 Å². The van der Waals surface area contributed by atoms with E-state index in [1.54, 1.807) is 0 Å². The van der Waals surface area contributed by atoms with E-state index in [0.717, 1.165) is 25.7 Å².